The Hall–Kier alpha value is -0.860. The van der Waals surface area contributed by atoms with E-state index in [9.17, 15) is 10.2 Å². The highest BCUT2D eigenvalue weighted by Gasteiger charge is 2.17. The monoisotopic (exact) mass is 264 g/mol. The number of benzene rings is 1. The van der Waals surface area contributed by atoms with Gasteiger partial charge in [0.2, 0.25) is 0 Å². The van der Waals surface area contributed by atoms with Crippen LogP contribution < -0.4 is 0 Å². The number of hydrogen-bond donors (Lipinski definition) is 2. The maximum atomic E-state index is 10.0. The zero-order chi connectivity index (χ0) is 13.9. The minimum atomic E-state index is -0.749. The lowest BCUT2D eigenvalue weighted by atomic mass is 9.99. The molecule has 0 aliphatic rings. The van der Waals surface area contributed by atoms with Crippen molar-refractivity contribution in [1.82, 2.24) is 0 Å². The van der Waals surface area contributed by atoms with Crippen LogP contribution in [-0.2, 0) is 0 Å². The quantitative estimate of drug-likeness (QED) is 0.621. The third-order valence-electron chi connectivity index (χ3n) is 3.61. The minimum Gasteiger partial charge on any atom is -0.390 e. The van der Waals surface area contributed by atoms with Crippen LogP contribution in [-0.4, -0.2) is 16.3 Å². The molecule has 0 radical (unpaired) electrons. The fourth-order valence-corrected chi connectivity index (χ4v) is 2.34. The molecular formula is C17H28O2. The fraction of sp³-hybridized carbons (Fsp3) is 0.647. The molecular weight excluding hydrogens is 236 g/mol. The standard InChI is InChI=1S/C17H28O2/c1-2-3-4-5-6-7-11-14-16(18)17(19)15-12-9-8-10-13-15/h8-10,12-13,16-19H,2-7,11,14H2,1H3. The molecule has 2 atom stereocenters. The van der Waals surface area contributed by atoms with Crippen LogP contribution in [0.2, 0.25) is 0 Å². The van der Waals surface area contributed by atoms with Gasteiger partial charge in [-0.2, -0.15) is 0 Å². The molecule has 1 aromatic carbocycles. The van der Waals surface area contributed by atoms with Crippen molar-refractivity contribution in [2.24, 2.45) is 0 Å². The highest BCUT2D eigenvalue weighted by Crippen LogP contribution is 2.20. The molecule has 0 saturated carbocycles. The maximum absolute atomic E-state index is 10.0. The van der Waals surface area contributed by atoms with E-state index >= 15 is 0 Å². The van der Waals surface area contributed by atoms with Crippen LogP contribution in [0.25, 0.3) is 0 Å². The van der Waals surface area contributed by atoms with Crippen molar-refractivity contribution in [3.8, 4) is 0 Å². The van der Waals surface area contributed by atoms with E-state index in [2.05, 4.69) is 6.92 Å². The molecule has 108 valence electrons. The highest BCUT2D eigenvalue weighted by molar-refractivity contribution is 5.18. The molecule has 0 amide bonds. The van der Waals surface area contributed by atoms with E-state index in [0.717, 1.165) is 18.4 Å². The Balaban J connectivity index is 2.12. The summed E-state index contributed by atoms with van der Waals surface area (Å²) in [7, 11) is 0. The van der Waals surface area contributed by atoms with E-state index in [1.807, 2.05) is 30.3 Å². The van der Waals surface area contributed by atoms with Gasteiger partial charge in [0, 0.05) is 0 Å². The molecule has 19 heavy (non-hydrogen) atoms. The van der Waals surface area contributed by atoms with Crippen LogP contribution in [0.5, 0.6) is 0 Å². The molecule has 0 aromatic heterocycles. The summed E-state index contributed by atoms with van der Waals surface area (Å²) in [5, 5.41) is 20.0. The Morgan fingerprint density at radius 2 is 1.42 bits per heavy atom. The largest absolute Gasteiger partial charge is 0.390 e. The molecule has 0 aliphatic carbocycles. The van der Waals surface area contributed by atoms with Crippen molar-refractivity contribution in [3.63, 3.8) is 0 Å². The summed E-state index contributed by atoms with van der Waals surface area (Å²) in [6.07, 6.45) is 7.92. The Labute approximate surface area is 117 Å². The van der Waals surface area contributed by atoms with Crippen molar-refractivity contribution >= 4 is 0 Å². The first-order chi connectivity index (χ1) is 9.25. The van der Waals surface area contributed by atoms with Gasteiger partial charge in [0.15, 0.2) is 0 Å². The van der Waals surface area contributed by atoms with Gasteiger partial charge in [-0.25, -0.2) is 0 Å². The van der Waals surface area contributed by atoms with E-state index in [-0.39, 0.29) is 0 Å². The predicted molar refractivity (Wildman–Crippen MR) is 80.0 cm³/mol. The Kier molecular flexibility index (Phi) is 8.52. The van der Waals surface area contributed by atoms with E-state index in [1.165, 1.54) is 32.1 Å². The molecule has 0 bridgehead atoms. The van der Waals surface area contributed by atoms with Gasteiger partial charge in [-0.15, -0.1) is 0 Å². The minimum absolute atomic E-state index is 0.641. The molecule has 0 aliphatic heterocycles. The van der Waals surface area contributed by atoms with E-state index < -0.39 is 12.2 Å². The second kappa shape index (κ2) is 9.99. The number of hydrogen-bond acceptors (Lipinski definition) is 2. The van der Waals surface area contributed by atoms with Crippen LogP contribution in [0, 0.1) is 0 Å². The predicted octanol–water partition coefficient (Wildman–Crippen LogP) is 4.22. The van der Waals surface area contributed by atoms with E-state index in [4.69, 9.17) is 0 Å². The summed E-state index contributed by atoms with van der Waals surface area (Å²) in [5.41, 5.74) is 0.804. The van der Waals surface area contributed by atoms with Crippen LogP contribution in [0.4, 0.5) is 0 Å². The Morgan fingerprint density at radius 1 is 0.842 bits per heavy atom. The zero-order valence-electron chi connectivity index (χ0n) is 12.1. The SMILES string of the molecule is CCCCCCCCCC(O)C(O)c1ccccc1. The van der Waals surface area contributed by atoms with Gasteiger partial charge in [-0.3, -0.25) is 0 Å². The van der Waals surface area contributed by atoms with Gasteiger partial charge in [-0.05, 0) is 12.0 Å². The van der Waals surface area contributed by atoms with Crippen LogP contribution >= 0.6 is 0 Å². The Bertz CT molecular complexity index is 310. The van der Waals surface area contributed by atoms with Gasteiger partial charge in [0.05, 0.1) is 6.10 Å². The summed E-state index contributed by atoms with van der Waals surface area (Å²) >= 11 is 0. The molecule has 1 rings (SSSR count). The van der Waals surface area contributed by atoms with Gasteiger partial charge in [-0.1, -0.05) is 82.2 Å². The Morgan fingerprint density at radius 3 is 2.05 bits per heavy atom. The molecule has 0 spiro atoms. The second-order valence-electron chi connectivity index (χ2n) is 5.33. The number of unbranched alkanes of at least 4 members (excludes halogenated alkanes) is 6. The van der Waals surface area contributed by atoms with Crippen molar-refractivity contribution in [2.75, 3.05) is 0 Å². The summed E-state index contributed by atoms with van der Waals surface area (Å²) in [6, 6.07) is 9.41. The molecule has 0 saturated heterocycles. The van der Waals surface area contributed by atoms with Crippen LogP contribution in [0.1, 0.15) is 70.0 Å². The highest BCUT2D eigenvalue weighted by atomic mass is 16.3. The smallest absolute Gasteiger partial charge is 0.105 e. The van der Waals surface area contributed by atoms with Crippen molar-refractivity contribution < 1.29 is 10.2 Å². The molecule has 0 fully saturated rings. The van der Waals surface area contributed by atoms with Gasteiger partial charge >= 0.3 is 0 Å². The van der Waals surface area contributed by atoms with Crippen LogP contribution in [0.15, 0.2) is 30.3 Å². The molecule has 1 aromatic rings. The maximum Gasteiger partial charge on any atom is 0.105 e. The number of aliphatic hydroxyl groups excluding tert-OH is 2. The average Bonchev–Trinajstić information content (AvgIpc) is 2.46. The molecule has 2 N–H and O–H groups in total. The third kappa shape index (κ3) is 6.74. The topological polar surface area (TPSA) is 40.5 Å². The summed E-state index contributed by atoms with van der Waals surface area (Å²) in [6.45, 7) is 2.22. The van der Waals surface area contributed by atoms with Gasteiger partial charge < -0.3 is 10.2 Å². The normalized spacial score (nSPS) is 14.3. The van der Waals surface area contributed by atoms with Crippen molar-refractivity contribution in [3.05, 3.63) is 35.9 Å². The summed E-state index contributed by atoms with van der Waals surface area (Å²) in [4.78, 5) is 0. The third-order valence-corrected chi connectivity index (χ3v) is 3.61. The number of aliphatic hydroxyl groups is 2. The fourth-order valence-electron chi connectivity index (χ4n) is 2.34. The molecule has 2 nitrogen and oxygen atoms in total. The molecule has 0 heterocycles. The number of rotatable bonds is 10. The lowest BCUT2D eigenvalue weighted by molar-refractivity contribution is 0.0120. The second-order valence-corrected chi connectivity index (χ2v) is 5.33. The molecule has 2 heteroatoms. The summed E-state index contributed by atoms with van der Waals surface area (Å²) in [5.74, 6) is 0. The van der Waals surface area contributed by atoms with Gasteiger partial charge in [0.25, 0.3) is 0 Å². The zero-order valence-corrected chi connectivity index (χ0v) is 12.1. The average molecular weight is 264 g/mol. The van der Waals surface area contributed by atoms with E-state index in [0.29, 0.717) is 6.42 Å². The first-order valence-corrected chi connectivity index (χ1v) is 7.66. The molecule has 2 unspecified atom stereocenters. The lowest BCUT2D eigenvalue weighted by Crippen LogP contribution is -2.17. The first kappa shape index (κ1) is 16.2. The lowest BCUT2D eigenvalue weighted by Gasteiger charge is -2.18. The van der Waals surface area contributed by atoms with Crippen molar-refractivity contribution in [2.45, 2.75) is 70.5 Å². The summed E-state index contributed by atoms with van der Waals surface area (Å²) < 4.78 is 0. The van der Waals surface area contributed by atoms with E-state index in [1.54, 1.807) is 0 Å². The van der Waals surface area contributed by atoms with Crippen molar-refractivity contribution in [1.29, 1.82) is 0 Å². The van der Waals surface area contributed by atoms with Gasteiger partial charge in [0.1, 0.15) is 6.10 Å². The van der Waals surface area contributed by atoms with Crippen LogP contribution in [0.3, 0.4) is 0 Å². The first-order valence-electron chi connectivity index (χ1n) is 7.66.